The third kappa shape index (κ3) is 4.84. The summed E-state index contributed by atoms with van der Waals surface area (Å²) in [6.45, 7) is 0.881. The van der Waals surface area contributed by atoms with Crippen molar-refractivity contribution < 1.29 is 24.1 Å². The largest absolute Gasteiger partial charge is 0.494 e. The average Bonchev–Trinajstić information content (AvgIpc) is 2.37. The summed E-state index contributed by atoms with van der Waals surface area (Å²) in [5.74, 6) is -0.777. The summed E-state index contributed by atoms with van der Waals surface area (Å²) in [7, 11) is 1.36. The molecule has 0 saturated carbocycles. The van der Waals surface area contributed by atoms with E-state index >= 15 is 0 Å². The van der Waals surface area contributed by atoms with E-state index in [0.29, 0.717) is 5.56 Å². The lowest BCUT2D eigenvalue weighted by Crippen LogP contribution is -2.43. The number of benzene rings is 1. The van der Waals surface area contributed by atoms with Crippen molar-refractivity contribution in [1.82, 2.24) is 5.32 Å². The molecular formula is C13H18FNO4. The van der Waals surface area contributed by atoms with Gasteiger partial charge in [-0.25, -0.2) is 4.39 Å². The van der Waals surface area contributed by atoms with E-state index in [-0.39, 0.29) is 24.6 Å². The van der Waals surface area contributed by atoms with Crippen LogP contribution in [0.2, 0.25) is 0 Å². The van der Waals surface area contributed by atoms with Gasteiger partial charge in [0.1, 0.15) is 5.60 Å². The monoisotopic (exact) mass is 271 g/mol. The van der Waals surface area contributed by atoms with Gasteiger partial charge in [-0.05, 0) is 24.6 Å². The lowest BCUT2D eigenvalue weighted by molar-refractivity contribution is -0.121. The maximum absolute atomic E-state index is 13.4. The Morgan fingerprint density at radius 1 is 1.53 bits per heavy atom. The number of nitrogens with one attached hydrogen (secondary N) is 1. The molecule has 0 aliphatic rings. The van der Waals surface area contributed by atoms with Crippen LogP contribution < -0.4 is 10.1 Å². The Labute approximate surface area is 111 Å². The van der Waals surface area contributed by atoms with Gasteiger partial charge in [0.05, 0.1) is 20.1 Å². The molecular weight excluding hydrogens is 253 g/mol. The minimum absolute atomic E-state index is 0.0115. The number of ether oxygens (including phenoxy) is 1. The number of carbonyl (C=O) groups is 1. The third-order valence-electron chi connectivity index (χ3n) is 2.59. The van der Waals surface area contributed by atoms with Crippen molar-refractivity contribution in [2.75, 3.05) is 20.3 Å². The molecule has 1 unspecified atom stereocenters. The van der Waals surface area contributed by atoms with E-state index in [9.17, 15) is 14.3 Å². The van der Waals surface area contributed by atoms with Crippen LogP contribution in [0.15, 0.2) is 18.2 Å². The highest BCUT2D eigenvalue weighted by atomic mass is 19.1. The van der Waals surface area contributed by atoms with Gasteiger partial charge in [-0.1, -0.05) is 6.07 Å². The smallest absolute Gasteiger partial charge is 0.224 e. The summed E-state index contributed by atoms with van der Waals surface area (Å²) in [5, 5.41) is 20.8. The Kier molecular flexibility index (Phi) is 5.26. The minimum Gasteiger partial charge on any atom is -0.494 e. The van der Waals surface area contributed by atoms with Crippen LogP contribution in [0.4, 0.5) is 4.39 Å². The van der Waals surface area contributed by atoms with Crippen molar-refractivity contribution >= 4 is 5.91 Å². The number of aliphatic hydroxyl groups excluding tert-OH is 1. The van der Waals surface area contributed by atoms with Crippen molar-refractivity contribution in [3.05, 3.63) is 29.6 Å². The fourth-order valence-electron chi connectivity index (χ4n) is 1.41. The van der Waals surface area contributed by atoms with Gasteiger partial charge in [-0.2, -0.15) is 0 Å². The van der Waals surface area contributed by atoms with E-state index < -0.39 is 18.0 Å². The predicted molar refractivity (Wildman–Crippen MR) is 67.4 cm³/mol. The molecule has 1 amide bonds. The van der Waals surface area contributed by atoms with Crippen LogP contribution in [0, 0.1) is 5.82 Å². The van der Waals surface area contributed by atoms with Gasteiger partial charge in [0, 0.05) is 6.54 Å². The van der Waals surface area contributed by atoms with Gasteiger partial charge < -0.3 is 20.3 Å². The summed E-state index contributed by atoms with van der Waals surface area (Å²) in [6.07, 6.45) is -0.0115. The first-order valence-corrected chi connectivity index (χ1v) is 5.80. The number of hydrogen-bond acceptors (Lipinski definition) is 4. The molecule has 6 heteroatoms. The van der Waals surface area contributed by atoms with E-state index in [4.69, 9.17) is 9.84 Å². The van der Waals surface area contributed by atoms with Crippen molar-refractivity contribution in [2.45, 2.75) is 18.9 Å². The quantitative estimate of drug-likeness (QED) is 0.692. The second kappa shape index (κ2) is 6.49. The molecule has 106 valence electrons. The molecule has 1 atom stereocenters. The molecule has 0 spiro atoms. The SMILES string of the molecule is COc1ccc(CC(=O)NCC(C)(O)CO)cc1F. The number of methoxy groups -OCH3 is 1. The van der Waals surface area contributed by atoms with Crippen LogP contribution in [-0.4, -0.2) is 42.0 Å². The second-order valence-electron chi connectivity index (χ2n) is 4.58. The van der Waals surface area contributed by atoms with Crippen molar-refractivity contribution in [3.8, 4) is 5.75 Å². The van der Waals surface area contributed by atoms with Crippen molar-refractivity contribution in [1.29, 1.82) is 0 Å². The molecule has 0 aromatic heterocycles. The number of hydrogen-bond donors (Lipinski definition) is 3. The fourth-order valence-corrected chi connectivity index (χ4v) is 1.41. The maximum atomic E-state index is 13.4. The highest BCUT2D eigenvalue weighted by Gasteiger charge is 2.19. The Balaban J connectivity index is 2.55. The van der Waals surface area contributed by atoms with Gasteiger partial charge in [-0.3, -0.25) is 4.79 Å². The number of halogens is 1. The summed E-state index contributed by atoms with van der Waals surface area (Å²) >= 11 is 0. The molecule has 5 nitrogen and oxygen atoms in total. The molecule has 19 heavy (non-hydrogen) atoms. The molecule has 0 radical (unpaired) electrons. The normalized spacial score (nSPS) is 13.7. The molecule has 0 fully saturated rings. The van der Waals surface area contributed by atoms with Gasteiger partial charge in [0.25, 0.3) is 0 Å². The van der Waals surface area contributed by atoms with Gasteiger partial charge in [-0.15, -0.1) is 0 Å². The molecule has 3 N–H and O–H groups in total. The highest BCUT2D eigenvalue weighted by Crippen LogP contribution is 2.17. The Hall–Kier alpha value is -1.66. The molecule has 1 aromatic carbocycles. The van der Waals surface area contributed by atoms with E-state index in [0.717, 1.165) is 0 Å². The minimum atomic E-state index is -1.36. The van der Waals surface area contributed by atoms with Gasteiger partial charge >= 0.3 is 0 Å². The van der Waals surface area contributed by atoms with Crippen LogP contribution in [0.25, 0.3) is 0 Å². The third-order valence-corrected chi connectivity index (χ3v) is 2.59. The average molecular weight is 271 g/mol. The summed E-state index contributed by atoms with van der Waals surface area (Å²) in [5.41, 5.74) is -0.861. The zero-order valence-corrected chi connectivity index (χ0v) is 10.9. The topological polar surface area (TPSA) is 78.8 Å². The molecule has 1 aromatic rings. The highest BCUT2D eigenvalue weighted by molar-refractivity contribution is 5.78. The van der Waals surface area contributed by atoms with Crippen LogP contribution in [0.3, 0.4) is 0 Å². The zero-order valence-electron chi connectivity index (χ0n) is 10.9. The van der Waals surface area contributed by atoms with Crippen LogP contribution in [0.5, 0.6) is 5.75 Å². The van der Waals surface area contributed by atoms with E-state index in [1.165, 1.54) is 26.2 Å². The lowest BCUT2D eigenvalue weighted by Gasteiger charge is -2.20. The fraction of sp³-hybridized carbons (Fsp3) is 0.462. The van der Waals surface area contributed by atoms with Crippen molar-refractivity contribution in [2.24, 2.45) is 0 Å². The number of aliphatic hydroxyl groups is 2. The van der Waals surface area contributed by atoms with Crippen LogP contribution in [0.1, 0.15) is 12.5 Å². The number of rotatable bonds is 6. The molecule has 0 saturated heterocycles. The summed E-state index contributed by atoms with van der Waals surface area (Å²) in [4.78, 5) is 11.6. The number of amides is 1. The Bertz CT molecular complexity index is 448. The van der Waals surface area contributed by atoms with Gasteiger partial charge in [0.2, 0.25) is 5.91 Å². The number of carbonyl (C=O) groups excluding carboxylic acids is 1. The molecule has 0 bridgehead atoms. The zero-order chi connectivity index (χ0) is 14.5. The summed E-state index contributed by atoms with van der Waals surface area (Å²) in [6, 6.07) is 4.26. The molecule has 0 aliphatic carbocycles. The summed E-state index contributed by atoms with van der Waals surface area (Å²) < 4.78 is 18.2. The van der Waals surface area contributed by atoms with Gasteiger partial charge in [0.15, 0.2) is 11.6 Å². The van der Waals surface area contributed by atoms with Crippen molar-refractivity contribution in [3.63, 3.8) is 0 Å². The molecule has 0 aliphatic heterocycles. The van der Waals surface area contributed by atoms with Crippen LogP contribution in [-0.2, 0) is 11.2 Å². The Morgan fingerprint density at radius 3 is 2.74 bits per heavy atom. The maximum Gasteiger partial charge on any atom is 0.224 e. The van der Waals surface area contributed by atoms with E-state index in [1.807, 2.05) is 0 Å². The molecule has 1 rings (SSSR count). The van der Waals surface area contributed by atoms with Crippen LogP contribution >= 0.6 is 0 Å². The lowest BCUT2D eigenvalue weighted by atomic mass is 10.1. The second-order valence-corrected chi connectivity index (χ2v) is 4.58. The standard InChI is InChI=1S/C13H18FNO4/c1-13(18,8-16)7-15-12(17)6-9-3-4-11(19-2)10(14)5-9/h3-5,16,18H,6-8H2,1-2H3,(H,15,17). The first kappa shape index (κ1) is 15.4. The predicted octanol–water partition coefficient (Wildman–Crippen LogP) is 0.236. The Morgan fingerprint density at radius 2 is 2.21 bits per heavy atom. The first-order valence-electron chi connectivity index (χ1n) is 5.80. The first-order chi connectivity index (χ1) is 8.88. The molecule has 0 heterocycles. The van der Waals surface area contributed by atoms with E-state index in [1.54, 1.807) is 6.07 Å². The van der Waals surface area contributed by atoms with E-state index in [2.05, 4.69) is 5.32 Å².